The Morgan fingerprint density at radius 3 is 2.93 bits per heavy atom. The van der Waals surface area contributed by atoms with Gasteiger partial charge in [-0.3, -0.25) is 14.7 Å². The van der Waals surface area contributed by atoms with Crippen LogP contribution >= 0.6 is 11.3 Å². The number of carbonyl (C=O) groups excluding carboxylic acids is 1. The van der Waals surface area contributed by atoms with Crippen LogP contribution < -0.4 is 5.32 Å². The molecule has 3 heterocycles. The van der Waals surface area contributed by atoms with E-state index in [1.54, 1.807) is 17.5 Å². The summed E-state index contributed by atoms with van der Waals surface area (Å²) in [6, 6.07) is 8.55. The van der Waals surface area contributed by atoms with E-state index >= 15 is 0 Å². The summed E-state index contributed by atoms with van der Waals surface area (Å²) in [5.74, 6) is 0.576. The maximum Gasteiger partial charge on any atom is 0.239 e. The maximum atomic E-state index is 12.5. The number of nitrogens with one attached hydrogen (secondary N) is 1. The third-order valence-corrected chi connectivity index (χ3v) is 5.84. The van der Waals surface area contributed by atoms with Crippen molar-refractivity contribution in [3.05, 3.63) is 42.2 Å². The van der Waals surface area contributed by atoms with E-state index in [0.717, 1.165) is 40.8 Å². The summed E-state index contributed by atoms with van der Waals surface area (Å²) in [5, 5.41) is 5.06. The molecule has 3 aromatic rings. The monoisotopic (exact) mass is 381 g/mol. The molecule has 1 aromatic carbocycles. The smallest absolute Gasteiger partial charge is 0.239 e. The van der Waals surface area contributed by atoms with E-state index in [1.807, 2.05) is 17.8 Å². The third kappa shape index (κ3) is 4.16. The Hall–Kier alpha value is -2.35. The van der Waals surface area contributed by atoms with Gasteiger partial charge in [-0.25, -0.2) is 4.98 Å². The molecule has 1 N–H and O–H groups in total. The number of rotatable bonds is 4. The molecule has 140 valence electrons. The minimum atomic E-state index is -0.0168. The molecule has 0 spiro atoms. The zero-order valence-corrected chi connectivity index (χ0v) is 16.4. The first-order chi connectivity index (χ1) is 13.1. The molecule has 0 aliphatic carbocycles. The molecule has 0 bridgehead atoms. The highest BCUT2D eigenvalue weighted by Crippen LogP contribution is 2.27. The van der Waals surface area contributed by atoms with Crippen molar-refractivity contribution in [3.8, 4) is 10.4 Å². The number of benzene rings is 1. The summed E-state index contributed by atoms with van der Waals surface area (Å²) in [6.07, 6.45) is 3.67. The summed E-state index contributed by atoms with van der Waals surface area (Å²) in [5.41, 5.74) is 2.96. The number of likely N-dealkylation sites (N-methyl/N-ethyl adjacent to an activating group) is 1. The first kappa shape index (κ1) is 18.0. The predicted octanol–water partition coefficient (Wildman–Crippen LogP) is 2.93. The molecular formula is C20H23N5OS. The second-order valence-electron chi connectivity index (χ2n) is 7.13. The van der Waals surface area contributed by atoms with E-state index in [0.29, 0.717) is 18.4 Å². The Bertz CT molecular complexity index is 943. The Kier molecular flexibility index (Phi) is 5.15. The Morgan fingerprint density at radius 2 is 2.15 bits per heavy atom. The molecule has 7 heteroatoms. The molecule has 0 saturated carbocycles. The lowest BCUT2D eigenvalue weighted by molar-refractivity contribution is -0.118. The van der Waals surface area contributed by atoms with Gasteiger partial charge >= 0.3 is 0 Å². The maximum absolute atomic E-state index is 12.5. The third-order valence-electron chi connectivity index (χ3n) is 5.02. The van der Waals surface area contributed by atoms with Gasteiger partial charge in [-0.2, -0.15) is 0 Å². The van der Waals surface area contributed by atoms with Gasteiger partial charge in [0.25, 0.3) is 0 Å². The van der Waals surface area contributed by atoms with Gasteiger partial charge in [0, 0.05) is 43.5 Å². The largest absolute Gasteiger partial charge is 0.310 e. The van der Waals surface area contributed by atoms with Gasteiger partial charge in [0.2, 0.25) is 5.91 Å². The number of piperazine rings is 1. The van der Waals surface area contributed by atoms with Crippen molar-refractivity contribution in [1.29, 1.82) is 0 Å². The summed E-state index contributed by atoms with van der Waals surface area (Å²) in [6.45, 7) is 5.45. The number of fused-ring (bicyclic) bond motifs is 1. The Balaban J connectivity index is 1.47. The fraction of sp³-hybridized carbons (Fsp3) is 0.350. The number of thiazole rings is 1. The van der Waals surface area contributed by atoms with Gasteiger partial charge in [-0.1, -0.05) is 12.1 Å². The van der Waals surface area contributed by atoms with Crippen molar-refractivity contribution in [2.45, 2.75) is 13.0 Å². The summed E-state index contributed by atoms with van der Waals surface area (Å²) in [7, 11) is 2.12. The predicted molar refractivity (Wildman–Crippen MR) is 110 cm³/mol. The van der Waals surface area contributed by atoms with Crippen LogP contribution in [0.2, 0.25) is 0 Å². The number of amides is 1. The van der Waals surface area contributed by atoms with Crippen molar-refractivity contribution >= 4 is 33.8 Å². The number of pyridine rings is 1. The van der Waals surface area contributed by atoms with E-state index in [-0.39, 0.29) is 5.91 Å². The van der Waals surface area contributed by atoms with E-state index in [4.69, 9.17) is 0 Å². The van der Waals surface area contributed by atoms with Gasteiger partial charge in [-0.15, -0.1) is 11.3 Å². The second-order valence-corrected chi connectivity index (χ2v) is 8.01. The van der Waals surface area contributed by atoms with Crippen LogP contribution in [-0.2, 0) is 4.79 Å². The molecule has 1 aliphatic rings. The van der Waals surface area contributed by atoms with Crippen LogP contribution in [0, 0.1) is 0 Å². The number of hydrogen-bond donors (Lipinski definition) is 1. The van der Waals surface area contributed by atoms with Gasteiger partial charge < -0.3 is 10.2 Å². The average Bonchev–Trinajstić information content (AvgIpc) is 3.18. The van der Waals surface area contributed by atoms with E-state index in [2.05, 4.69) is 57.3 Å². The van der Waals surface area contributed by atoms with Crippen molar-refractivity contribution in [2.24, 2.45) is 0 Å². The topological polar surface area (TPSA) is 61.4 Å². The first-order valence-corrected chi connectivity index (χ1v) is 9.97. The van der Waals surface area contributed by atoms with E-state index < -0.39 is 0 Å². The zero-order valence-electron chi connectivity index (χ0n) is 15.6. The first-order valence-electron chi connectivity index (χ1n) is 9.09. The molecule has 27 heavy (non-hydrogen) atoms. The van der Waals surface area contributed by atoms with Gasteiger partial charge in [0.05, 0.1) is 16.9 Å². The number of nitrogens with zero attached hydrogens (tertiary/aromatic N) is 4. The van der Waals surface area contributed by atoms with Crippen LogP contribution in [0.4, 0.5) is 5.82 Å². The van der Waals surface area contributed by atoms with Crippen LogP contribution in [0.25, 0.3) is 21.2 Å². The highest BCUT2D eigenvalue weighted by atomic mass is 32.1. The molecule has 2 aromatic heterocycles. The van der Waals surface area contributed by atoms with Crippen LogP contribution in [0.5, 0.6) is 0 Å². The lowest BCUT2D eigenvalue weighted by Crippen LogP contribution is -2.52. The highest BCUT2D eigenvalue weighted by molar-refractivity contribution is 7.13. The summed E-state index contributed by atoms with van der Waals surface area (Å²) in [4.78, 5) is 26.7. The van der Waals surface area contributed by atoms with Crippen LogP contribution in [0.3, 0.4) is 0 Å². The van der Waals surface area contributed by atoms with Crippen LogP contribution in [0.1, 0.15) is 6.92 Å². The van der Waals surface area contributed by atoms with Crippen molar-refractivity contribution in [2.75, 3.05) is 38.5 Å². The fourth-order valence-corrected chi connectivity index (χ4v) is 4.12. The van der Waals surface area contributed by atoms with Crippen molar-refractivity contribution < 1.29 is 4.79 Å². The lowest BCUT2D eigenvalue weighted by atomic mass is 10.1. The fourth-order valence-electron chi connectivity index (χ4n) is 3.50. The molecule has 1 unspecified atom stereocenters. The number of carbonyl (C=O) groups is 1. The summed E-state index contributed by atoms with van der Waals surface area (Å²) < 4.78 is 0. The standard InChI is InChI=1S/C20H23N5OS/c1-14-11-24(2)5-6-25(14)12-20(26)23-19-8-17-7-15(18-10-21-13-27-18)3-4-16(17)9-22-19/h3-4,7-10,13-14H,5-6,11-12H2,1-2H3,(H,22,23,26). The molecule has 1 saturated heterocycles. The minimum absolute atomic E-state index is 0.0168. The Morgan fingerprint density at radius 1 is 1.26 bits per heavy atom. The highest BCUT2D eigenvalue weighted by Gasteiger charge is 2.23. The normalized spacial score (nSPS) is 18.7. The van der Waals surface area contributed by atoms with Crippen molar-refractivity contribution in [3.63, 3.8) is 0 Å². The van der Waals surface area contributed by atoms with Gasteiger partial charge in [-0.05, 0) is 37.1 Å². The summed E-state index contributed by atoms with van der Waals surface area (Å²) >= 11 is 1.61. The molecule has 1 fully saturated rings. The van der Waals surface area contributed by atoms with Crippen LogP contribution in [-0.4, -0.2) is 64.9 Å². The average molecular weight is 382 g/mol. The quantitative estimate of drug-likeness (QED) is 0.753. The molecule has 0 radical (unpaired) electrons. The number of aromatic nitrogens is 2. The number of hydrogen-bond acceptors (Lipinski definition) is 6. The second kappa shape index (κ2) is 7.72. The SMILES string of the molecule is CC1CN(C)CCN1CC(=O)Nc1cc2cc(-c3cncs3)ccc2cn1. The molecule has 4 rings (SSSR count). The van der Waals surface area contributed by atoms with Crippen LogP contribution in [0.15, 0.2) is 42.2 Å². The molecule has 1 atom stereocenters. The molecule has 6 nitrogen and oxygen atoms in total. The van der Waals surface area contributed by atoms with Crippen molar-refractivity contribution in [1.82, 2.24) is 19.8 Å². The van der Waals surface area contributed by atoms with E-state index in [9.17, 15) is 4.79 Å². The van der Waals surface area contributed by atoms with Gasteiger partial charge in [0.1, 0.15) is 5.82 Å². The zero-order chi connectivity index (χ0) is 18.8. The van der Waals surface area contributed by atoms with E-state index in [1.165, 1.54) is 0 Å². The Labute approximate surface area is 162 Å². The molecular weight excluding hydrogens is 358 g/mol. The lowest BCUT2D eigenvalue weighted by Gasteiger charge is -2.37. The van der Waals surface area contributed by atoms with Gasteiger partial charge in [0.15, 0.2) is 0 Å². The molecule has 1 amide bonds. The number of anilines is 1. The minimum Gasteiger partial charge on any atom is -0.310 e. The molecule has 1 aliphatic heterocycles.